The van der Waals surface area contributed by atoms with E-state index in [1.165, 1.54) is 18.2 Å². The monoisotopic (exact) mass is 372 g/mol. The van der Waals surface area contributed by atoms with Crippen LogP contribution in [0.25, 0.3) is 0 Å². The third-order valence-corrected chi connectivity index (χ3v) is 4.38. The molecule has 2 aromatic rings. The highest BCUT2D eigenvalue weighted by atomic mass is 35.5. The Hall–Kier alpha value is -1.76. The van der Waals surface area contributed by atoms with Gasteiger partial charge in [0.25, 0.3) is 5.91 Å². The molecule has 8 heteroatoms. The van der Waals surface area contributed by atoms with Gasteiger partial charge in [-0.1, -0.05) is 29.3 Å². The van der Waals surface area contributed by atoms with E-state index in [0.29, 0.717) is 10.7 Å². The first-order valence-corrected chi connectivity index (χ1v) is 9.16. The predicted molar refractivity (Wildman–Crippen MR) is 94.1 cm³/mol. The maximum Gasteiger partial charge on any atom is 0.257 e. The molecule has 23 heavy (non-hydrogen) atoms. The maximum atomic E-state index is 12.4. The van der Waals surface area contributed by atoms with Crippen LogP contribution in [0.15, 0.2) is 36.4 Å². The van der Waals surface area contributed by atoms with Crippen LogP contribution in [0, 0.1) is 6.92 Å². The number of benzene rings is 2. The van der Waals surface area contributed by atoms with Gasteiger partial charge in [0, 0.05) is 16.4 Å². The molecule has 0 spiro atoms. The summed E-state index contributed by atoms with van der Waals surface area (Å²) in [6.45, 7) is 1.78. The van der Waals surface area contributed by atoms with E-state index < -0.39 is 15.9 Å². The molecule has 0 saturated carbocycles. The number of hydrogen-bond donors (Lipinski definition) is 2. The summed E-state index contributed by atoms with van der Waals surface area (Å²) in [7, 11) is -3.45. The lowest BCUT2D eigenvalue weighted by molar-refractivity contribution is 0.102. The smallest absolute Gasteiger partial charge is 0.257 e. The molecule has 0 aliphatic carbocycles. The molecule has 0 unspecified atom stereocenters. The van der Waals surface area contributed by atoms with Crippen molar-refractivity contribution in [2.45, 2.75) is 6.92 Å². The second kappa shape index (κ2) is 6.78. The summed E-state index contributed by atoms with van der Waals surface area (Å²) in [4.78, 5) is 12.4. The minimum absolute atomic E-state index is 0.152. The maximum absolute atomic E-state index is 12.4. The summed E-state index contributed by atoms with van der Waals surface area (Å²) >= 11 is 12.1. The number of hydrogen-bond acceptors (Lipinski definition) is 3. The molecule has 0 aliphatic rings. The molecule has 0 heterocycles. The first-order chi connectivity index (χ1) is 10.7. The molecule has 0 bridgehead atoms. The molecule has 0 saturated heterocycles. The minimum Gasteiger partial charge on any atom is -0.322 e. The van der Waals surface area contributed by atoms with Crippen LogP contribution in [0.4, 0.5) is 11.4 Å². The van der Waals surface area contributed by atoms with Gasteiger partial charge in [0.05, 0.1) is 16.8 Å². The summed E-state index contributed by atoms with van der Waals surface area (Å²) in [6, 6.07) is 9.45. The molecule has 5 nitrogen and oxygen atoms in total. The summed E-state index contributed by atoms with van der Waals surface area (Å²) in [5.74, 6) is -0.461. The van der Waals surface area contributed by atoms with Crippen molar-refractivity contribution in [2.24, 2.45) is 0 Å². The largest absolute Gasteiger partial charge is 0.322 e. The van der Waals surface area contributed by atoms with Gasteiger partial charge in [0.15, 0.2) is 0 Å². The predicted octanol–water partition coefficient (Wildman–Crippen LogP) is 3.93. The summed E-state index contributed by atoms with van der Waals surface area (Å²) in [6.07, 6.45) is 1.02. The van der Waals surface area contributed by atoms with E-state index in [1.54, 1.807) is 25.1 Å². The molecule has 0 atom stereocenters. The second-order valence-corrected chi connectivity index (χ2v) is 7.50. The Bertz CT molecular complexity index is 867. The van der Waals surface area contributed by atoms with Crippen molar-refractivity contribution in [3.8, 4) is 0 Å². The minimum atomic E-state index is -3.45. The number of rotatable bonds is 4. The number of anilines is 2. The first-order valence-electron chi connectivity index (χ1n) is 6.51. The van der Waals surface area contributed by atoms with E-state index in [9.17, 15) is 13.2 Å². The van der Waals surface area contributed by atoms with E-state index in [0.717, 1.165) is 11.8 Å². The lowest BCUT2D eigenvalue weighted by Crippen LogP contribution is -2.15. The Balaban J connectivity index is 2.32. The Morgan fingerprint density at radius 1 is 1.09 bits per heavy atom. The molecule has 122 valence electrons. The van der Waals surface area contributed by atoms with E-state index in [2.05, 4.69) is 10.0 Å². The molecule has 0 radical (unpaired) electrons. The van der Waals surface area contributed by atoms with Gasteiger partial charge in [0.2, 0.25) is 10.0 Å². The highest BCUT2D eigenvalue weighted by molar-refractivity contribution is 7.92. The van der Waals surface area contributed by atoms with Crippen LogP contribution >= 0.6 is 23.2 Å². The number of sulfonamides is 1. The Morgan fingerprint density at radius 3 is 2.43 bits per heavy atom. The van der Waals surface area contributed by atoms with Gasteiger partial charge in [0.1, 0.15) is 0 Å². The number of carbonyl (C=O) groups is 1. The number of carbonyl (C=O) groups excluding carboxylic acids is 1. The van der Waals surface area contributed by atoms with Gasteiger partial charge in [-0.25, -0.2) is 8.42 Å². The van der Waals surface area contributed by atoms with Crippen LogP contribution in [0.5, 0.6) is 0 Å². The first kappa shape index (κ1) is 17.6. The molecule has 0 aromatic heterocycles. The third kappa shape index (κ3) is 4.60. The molecule has 2 N–H and O–H groups in total. The lowest BCUT2D eigenvalue weighted by Gasteiger charge is -2.12. The van der Waals surface area contributed by atoms with Crippen molar-refractivity contribution < 1.29 is 13.2 Å². The van der Waals surface area contributed by atoms with Crippen molar-refractivity contribution in [3.05, 3.63) is 57.6 Å². The van der Waals surface area contributed by atoms with E-state index in [-0.39, 0.29) is 16.3 Å². The van der Waals surface area contributed by atoms with Gasteiger partial charge < -0.3 is 5.32 Å². The molecule has 2 aromatic carbocycles. The highest BCUT2D eigenvalue weighted by Crippen LogP contribution is 2.26. The molecule has 2 rings (SSSR count). The number of nitrogens with one attached hydrogen (secondary N) is 2. The standard InChI is InChI=1S/C15H14Cl2N2O3S/c1-9-12(16)4-3-5-14(9)18-15(20)11-8-10(6-7-13(11)17)19-23(2,21)22/h3-8,19H,1-2H3,(H,18,20). The van der Waals surface area contributed by atoms with Crippen molar-refractivity contribution in [1.29, 1.82) is 0 Å². The lowest BCUT2D eigenvalue weighted by atomic mass is 10.1. The zero-order valence-electron chi connectivity index (χ0n) is 12.4. The zero-order chi connectivity index (χ0) is 17.2. The van der Waals surface area contributed by atoms with Gasteiger partial charge in [-0.2, -0.15) is 0 Å². The average molecular weight is 373 g/mol. The Morgan fingerprint density at radius 2 is 1.78 bits per heavy atom. The fourth-order valence-corrected chi connectivity index (χ4v) is 2.84. The van der Waals surface area contributed by atoms with Gasteiger partial charge in [-0.3, -0.25) is 9.52 Å². The zero-order valence-corrected chi connectivity index (χ0v) is 14.7. The highest BCUT2D eigenvalue weighted by Gasteiger charge is 2.14. The number of amides is 1. The van der Waals surface area contributed by atoms with E-state index in [4.69, 9.17) is 23.2 Å². The van der Waals surface area contributed by atoms with Crippen molar-refractivity contribution in [2.75, 3.05) is 16.3 Å². The van der Waals surface area contributed by atoms with Crippen LogP contribution in [-0.2, 0) is 10.0 Å². The van der Waals surface area contributed by atoms with Crippen LogP contribution in [0.1, 0.15) is 15.9 Å². The summed E-state index contributed by atoms with van der Waals surface area (Å²) < 4.78 is 24.9. The Kier molecular flexibility index (Phi) is 5.19. The van der Waals surface area contributed by atoms with Gasteiger partial charge >= 0.3 is 0 Å². The fourth-order valence-electron chi connectivity index (χ4n) is 1.91. The molecule has 0 aliphatic heterocycles. The van der Waals surface area contributed by atoms with Crippen molar-refractivity contribution in [3.63, 3.8) is 0 Å². The SMILES string of the molecule is Cc1c(Cl)cccc1NC(=O)c1cc(NS(C)(=O)=O)ccc1Cl. The van der Waals surface area contributed by atoms with Gasteiger partial charge in [-0.05, 0) is 42.8 Å². The van der Waals surface area contributed by atoms with Gasteiger partial charge in [-0.15, -0.1) is 0 Å². The average Bonchev–Trinajstić information content (AvgIpc) is 2.44. The molecule has 0 fully saturated rings. The van der Waals surface area contributed by atoms with Crippen LogP contribution < -0.4 is 10.0 Å². The third-order valence-electron chi connectivity index (χ3n) is 3.03. The van der Waals surface area contributed by atoms with Crippen LogP contribution in [0.3, 0.4) is 0 Å². The van der Waals surface area contributed by atoms with Crippen molar-refractivity contribution in [1.82, 2.24) is 0 Å². The fraction of sp³-hybridized carbons (Fsp3) is 0.133. The van der Waals surface area contributed by atoms with E-state index in [1.807, 2.05) is 0 Å². The second-order valence-electron chi connectivity index (χ2n) is 4.94. The van der Waals surface area contributed by atoms with Crippen LogP contribution in [0.2, 0.25) is 10.0 Å². The van der Waals surface area contributed by atoms with Crippen molar-refractivity contribution >= 4 is 50.5 Å². The Labute approximate surface area is 144 Å². The quantitative estimate of drug-likeness (QED) is 0.853. The molecule has 1 amide bonds. The van der Waals surface area contributed by atoms with Crippen LogP contribution in [-0.4, -0.2) is 20.6 Å². The molecular formula is C15H14Cl2N2O3S. The summed E-state index contributed by atoms with van der Waals surface area (Å²) in [5.41, 5.74) is 1.69. The summed E-state index contributed by atoms with van der Waals surface area (Å²) in [5, 5.41) is 3.45. The van der Waals surface area contributed by atoms with E-state index >= 15 is 0 Å². The molecular weight excluding hydrogens is 359 g/mol. The number of halogens is 2. The normalized spacial score (nSPS) is 11.1. The topological polar surface area (TPSA) is 75.3 Å².